The highest BCUT2D eigenvalue weighted by molar-refractivity contribution is 6.16. The second-order valence-corrected chi connectivity index (χ2v) is 18.5. The van der Waals surface area contributed by atoms with Crippen LogP contribution < -0.4 is 9.80 Å². The van der Waals surface area contributed by atoms with Crippen LogP contribution in [0.25, 0.3) is 67.4 Å². The second kappa shape index (κ2) is 15.9. The summed E-state index contributed by atoms with van der Waals surface area (Å²) >= 11 is 0. The first-order valence-electron chi connectivity index (χ1n) is 24.2. The molecule has 0 N–H and O–H groups in total. The van der Waals surface area contributed by atoms with Gasteiger partial charge in [-0.3, -0.25) is 0 Å². The average Bonchev–Trinajstić information content (AvgIpc) is 4.21. The van der Waals surface area contributed by atoms with Gasteiger partial charge in [-0.1, -0.05) is 158 Å². The van der Waals surface area contributed by atoms with E-state index in [2.05, 4.69) is 254 Å². The van der Waals surface area contributed by atoms with Gasteiger partial charge in [-0.2, -0.15) is 0 Å². The number of fused-ring (bicyclic) bond motifs is 14. The number of para-hydroxylation sites is 4. The molecule has 0 radical (unpaired) electrons. The Balaban J connectivity index is 1.20. The van der Waals surface area contributed by atoms with Crippen molar-refractivity contribution in [3.05, 3.63) is 264 Å². The van der Waals surface area contributed by atoms with E-state index in [4.69, 9.17) is 18.8 Å². The smallest absolute Gasteiger partial charge is 0.227 e. The van der Waals surface area contributed by atoms with E-state index in [0.29, 0.717) is 22.9 Å². The summed E-state index contributed by atoms with van der Waals surface area (Å²) in [5, 5.41) is 0. The molecule has 2 aromatic heterocycles. The normalized spacial score (nSPS) is 12.8. The molecule has 0 saturated heterocycles. The lowest BCUT2D eigenvalue weighted by Crippen LogP contribution is -2.26. The Labute approximate surface area is 411 Å². The summed E-state index contributed by atoms with van der Waals surface area (Å²) in [6, 6.07) is 81.6. The summed E-state index contributed by atoms with van der Waals surface area (Å²) in [5.41, 5.74) is 20.6. The van der Waals surface area contributed by atoms with Crippen LogP contribution in [0.5, 0.6) is 0 Å². The Morgan fingerprint density at radius 1 is 0.338 bits per heavy atom. The summed E-state index contributed by atoms with van der Waals surface area (Å²) in [7, 11) is 0. The van der Waals surface area contributed by atoms with Crippen molar-refractivity contribution in [2.45, 2.75) is 19.3 Å². The zero-order chi connectivity index (χ0) is 47.2. The summed E-state index contributed by atoms with van der Waals surface area (Å²) < 4.78 is 14.9. The molecule has 0 fully saturated rings. The highest BCUT2D eigenvalue weighted by Crippen LogP contribution is 2.67. The minimum absolute atomic E-state index is 0.550. The molecular formula is C65H44N4O2. The van der Waals surface area contributed by atoms with E-state index < -0.39 is 5.41 Å². The maximum Gasteiger partial charge on any atom is 0.227 e. The molecular weight excluding hydrogens is 869 g/mol. The van der Waals surface area contributed by atoms with E-state index in [9.17, 15) is 0 Å². The topological polar surface area (TPSA) is 58.5 Å². The minimum atomic E-state index is -0.854. The SMILES string of the molecule is Cc1ccccc1-c1nc2c(N(c3ccccc3)c3ccccc3)cc3c(c2o1)-c1c(cc(N(c2ccccc2)c2ccccc2)c2nc(-c4ccccc4C)oc12)C31c2ccccc2-c2ccccc21. The molecule has 0 amide bonds. The van der Waals surface area contributed by atoms with Crippen LogP contribution in [0.4, 0.5) is 34.1 Å². The van der Waals surface area contributed by atoms with Gasteiger partial charge in [0.25, 0.3) is 0 Å². The zero-order valence-electron chi connectivity index (χ0n) is 39.0. The molecule has 2 aliphatic rings. The van der Waals surface area contributed by atoms with Crippen molar-refractivity contribution in [1.82, 2.24) is 9.97 Å². The van der Waals surface area contributed by atoms with Gasteiger partial charge < -0.3 is 18.6 Å². The third-order valence-corrected chi connectivity index (χ3v) is 14.6. The molecule has 0 bridgehead atoms. The van der Waals surface area contributed by atoms with Crippen molar-refractivity contribution in [2.24, 2.45) is 0 Å². The van der Waals surface area contributed by atoms with Gasteiger partial charge in [0.05, 0.1) is 16.8 Å². The summed E-state index contributed by atoms with van der Waals surface area (Å²) in [6.07, 6.45) is 0. The number of benzene rings is 10. The van der Waals surface area contributed by atoms with Crippen molar-refractivity contribution in [2.75, 3.05) is 9.80 Å². The number of nitrogens with zero attached hydrogens (tertiary/aromatic N) is 4. The fourth-order valence-corrected chi connectivity index (χ4v) is 11.5. The van der Waals surface area contributed by atoms with E-state index in [-0.39, 0.29) is 0 Å². The molecule has 2 heterocycles. The largest absolute Gasteiger partial charge is 0.435 e. The van der Waals surface area contributed by atoms with Crippen molar-refractivity contribution in [1.29, 1.82) is 0 Å². The predicted octanol–water partition coefficient (Wildman–Crippen LogP) is 17.2. The van der Waals surface area contributed by atoms with Crippen LogP contribution in [0.15, 0.2) is 239 Å². The molecule has 71 heavy (non-hydrogen) atoms. The Morgan fingerprint density at radius 2 is 0.648 bits per heavy atom. The Kier molecular flexibility index (Phi) is 9.14. The number of oxazole rings is 2. The second-order valence-electron chi connectivity index (χ2n) is 18.5. The van der Waals surface area contributed by atoms with Gasteiger partial charge >= 0.3 is 0 Å². The highest BCUT2D eigenvalue weighted by Gasteiger charge is 2.55. The van der Waals surface area contributed by atoms with Crippen LogP contribution in [0.1, 0.15) is 33.4 Å². The number of hydrogen-bond acceptors (Lipinski definition) is 6. The van der Waals surface area contributed by atoms with Crippen LogP contribution >= 0.6 is 0 Å². The summed E-state index contributed by atoms with van der Waals surface area (Å²) in [5.74, 6) is 1.10. The van der Waals surface area contributed by atoms with Crippen molar-refractivity contribution >= 4 is 56.3 Å². The lowest BCUT2D eigenvalue weighted by molar-refractivity contribution is 0.616. The van der Waals surface area contributed by atoms with Gasteiger partial charge in [-0.15, -0.1) is 0 Å². The molecule has 14 rings (SSSR count). The molecule has 0 unspecified atom stereocenters. The lowest BCUT2D eigenvalue weighted by Gasteiger charge is -2.33. The Bertz CT molecular complexity index is 3690. The van der Waals surface area contributed by atoms with E-state index in [1.165, 1.54) is 22.3 Å². The van der Waals surface area contributed by atoms with Gasteiger partial charge in [0, 0.05) is 45.0 Å². The third-order valence-electron chi connectivity index (χ3n) is 14.6. The van der Waals surface area contributed by atoms with Gasteiger partial charge in [-0.05, 0) is 131 Å². The molecule has 12 aromatic rings. The molecule has 0 atom stereocenters. The zero-order valence-corrected chi connectivity index (χ0v) is 39.0. The monoisotopic (exact) mass is 912 g/mol. The van der Waals surface area contributed by atoms with Gasteiger partial charge in [0.1, 0.15) is 11.0 Å². The molecule has 2 aliphatic carbocycles. The van der Waals surface area contributed by atoms with Gasteiger partial charge in [-0.25, -0.2) is 9.97 Å². The number of anilines is 6. The summed E-state index contributed by atoms with van der Waals surface area (Å²) in [6.45, 7) is 4.23. The fraction of sp³-hybridized carbons (Fsp3) is 0.0462. The number of aryl methyl sites for hydroxylation is 2. The molecule has 0 aliphatic heterocycles. The van der Waals surface area contributed by atoms with E-state index in [0.717, 1.165) is 89.7 Å². The molecule has 10 aromatic carbocycles. The molecule has 6 nitrogen and oxygen atoms in total. The number of aromatic nitrogens is 2. The van der Waals surface area contributed by atoms with E-state index in [1.54, 1.807) is 0 Å². The highest BCUT2D eigenvalue weighted by atomic mass is 16.4. The number of rotatable bonds is 8. The van der Waals surface area contributed by atoms with Gasteiger partial charge in [0.2, 0.25) is 11.8 Å². The maximum atomic E-state index is 7.44. The standard InChI is InChI=1S/C65H44N4O2/c1-41-23-15-17-33-47(41)63-66-59-55(68(43-25-7-3-8-26-43)44-27-9-4-10-28-44)39-53-57(61(59)70-63)58-54(65(53)51-37-21-19-35-49(51)50-36-20-22-38-52(50)65)40-56(60-62(58)71-64(67-60)48-34-18-16-24-42(48)2)69(45-29-11-5-12-30-45)46-31-13-6-14-32-46/h3-40H,1-2H3. The molecule has 6 heteroatoms. The van der Waals surface area contributed by atoms with E-state index in [1.807, 2.05) is 0 Å². The maximum absolute atomic E-state index is 7.44. The predicted molar refractivity (Wildman–Crippen MR) is 288 cm³/mol. The summed E-state index contributed by atoms with van der Waals surface area (Å²) in [4.78, 5) is 15.8. The number of hydrogen-bond donors (Lipinski definition) is 0. The van der Waals surface area contributed by atoms with Crippen LogP contribution in [0.2, 0.25) is 0 Å². The van der Waals surface area contributed by atoms with E-state index >= 15 is 0 Å². The first-order chi connectivity index (χ1) is 35.1. The van der Waals surface area contributed by atoms with Crippen LogP contribution in [-0.2, 0) is 5.41 Å². The Morgan fingerprint density at radius 3 is 1.00 bits per heavy atom. The average molecular weight is 913 g/mol. The van der Waals surface area contributed by atoms with Crippen molar-refractivity contribution in [3.63, 3.8) is 0 Å². The van der Waals surface area contributed by atoms with Crippen molar-refractivity contribution in [3.8, 4) is 45.2 Å². The van der Waals surface area contributed by atoms with Gasteiger partial charge in [0.15, 0.2) is 11.2 Å². The third kappa shape index (κ3) is 6.01. The molecule has 1 spiro atoms. The first-order valence-corrected chi connectivity index (χ1v) is 24.2. The van der Waals surface area contributed by atoms with Crippen LogP contribution in [0, 0.1) is 13.8 Å². The van der Waals surface area contributed by atoms with Crippen LogP contribution in [-0.4, -0.2) is 9.97 Å². The van der Waals surface area contributed by atoms with Crippen LogP contribution in [0.3, 0.4) is 0 Å². The molecule has 0 saturated carbocycles. The Hall–Kier alpha value is -9.26. The lowest BCUT2D eigenvalue weighted by atomic mass is 9.70. The van der Waals surface area contributed by atoms with Crippen molar-refractivity contribution < 1.29 is 8.83 Å². The quantitative estimate of drug-likeness (QED) is 0.151. The fourth-order valence-electron chi connectivity index (χ4n) is 11.5. The minimum Gasteiger partial charge on any atom is -0.435 e. The molecule has 336 valence electrons. The first kappa shape index (κ1) is 40.8.